The number of amides is 1. The maximum atomic E-state index is 12.2. The van der Waals surface area contributed by atoms with Crippen molar-refractivity contribution in [2.45, 2.75) is 39.2 Å². The minimum absolute atomic E-state index is 0.168. The first-order valence-corrected chi connectivity index (χ1v) is 5.58. The van der Waals surface area contributed by atoms with Crippen LogP contribution in [0.2, 0.25) is 0 Å². The molecule has 2 aliphatic heterocycles. The van der Waals surface area contributed by atoms with Crippen LogP contribution < -0.4 is 0 Å². The molecule has 2 rings (SSSR count). The molecule has 0 saturated carbocycles. The lowest BCUT2D eigenvalue weighted by atomic mass is 9.81. The second kappa shape index (κ2) is 3.54. The Hall–Kier alpha value is -0.570. The highest BCUT2D eigenvalue weighted by Gasteiger charge is 2.47. The van der Waals surface area contributed by atoms with Crippen molar-refractivity contribution in [3.05, 3.63) is 0 Å². The van der Waals surface area contributed by atoms with Crippen LogP contribution in [0.25, 0.3) is 0 Å². The van der Waals surface area contributed by atoms with Gasteiger partial charge in [0, 0.05) is 12.6 Å². The normalized spacial score (nSPS) is 30.1. The molecule has 0 spiro atoms. The molecule has 0 aromatic heterocycles. The fourth-order valence-corrected chi connectivity index (χ4v) is 2.37. The molecule has 14 heavy (non-hydrogen) atoms. The summed E-state index contributed by atoms with van der Waals surface area (Å²) in [5.74, 6) is 0.330. The molecule has 1 amide bonds. The Balaban J connectivity index is 2.06. The van der Waals surface area contributed by atoms with Crippen LogP contribution in [0.1, 0.15) is 33.1 Å². The van der Waals surface area contributed by atoms with Gasteiger partial charge in [0.25, 0.3) is 0 Å². The molecule has 0 aliphatic carbocycles. The van der Waals surface area contributed by atoms with Crippen LogP contribution in [0.15, 0.2) is 0 Å². The average molecular weight is 197 g/mol. The van der Waals surface area contributed by atoms with Crippen LogP contribution in [0.5, 0.6) is 0 Å². The topological polar surface area (TPSA) is 29.5 Å². The predicted octanol–water partition coefficient (Wildman–Crippen LogP) is 1.42. The zero-order valence-corrected chi connectivity index (χ0v) is 9.08. The second-order valence-corrected chi connectivity index (χ2v) is 4.62. The molecular weight excluding hydrogens is 178 g/mol. The zero-order valence-electron chi connectivity index (χ0n) is 9.08. The third-order valence-electron chi connectivity index (χ3n) is 3.70. The molecule has 2 fully saturated rings. The lowest BCUT2D eigenvalue weighted by Gasteiger charge is -2.42. The number of carbonyl (C=O) groups excluding carboxylic acids is 1. The van der Waals surface area contributed by atoms with Gasteiger partial charge in [0.1, 0.15) is 0 Å². The minimum Gasteiger partial charge on any atom is -0.379 e. The van der Waals surface area contributed by atoms with Crippen molar-refractivity contribution >= 4 is 5.91 Å². The molecule has 2 aliphatic rings. The van der Waals surface area contributed by atoms with Crippen molar-refractivity contribution in [2.75, 3.05) is 19.8 Å². The molecular formula is C11H19NO2. The predicted molar refractivity (Wildman–Crippen MR) is 54.0 cm³/mol. The third-order valence-corrected chi connectivity index (χ3v) is 3.70. The van der Waals surface area contributed by atoms with E-state index in [4.69, 9.17) is 4.74 Å². The monoisotopic (exact) mass is 197 g/mol. The van der Waals surface area contributed by atoms with Gasteiger partial charge in [-0.1, -0.05) is 6.92 Å². The fraction of sp³-hybridized carbons (Fsp3) is 0.909. The summed E-state index contributed by atoms with van der Waals surface area (Å²) in [5, 5.41) is 0. The number of likely N-dealkylation sites (tertiary alicyclic amines) is 1. The molecule has 0 radical (unpaired) electrons. The summed E-state index contributed by atoms with van der Waals surface area (Å²) in [6, 6.07) is 0.437. The smallest absolute Gasteiger partial charge is 0.233 e. The summed E-state index contributed by atoms with van der Waals surface area (Å²) in [6.45, 7) is 6.44. The lowest BCUT2D eigenvalue weighted by molar-refractivity contribution is -0.173. The van der Waals surface area contributed by atoms with Gasteiger partial charge in [-0.05, 0) is 26.2 Å². The van der Waals surface area contributed by atoms with Crippen LogP contribution in [0, 0.1) is 5.41 Å². The van der Waals surface area contributed by atoms with Crippen molar-refractivity contribution in [3.8, 4) is 0 Å². The minimum atomic E-state index is -0.168. The molecule has 3 heteroatoms. The van der Waals surface area contributed by atoms with E-state index >= 15 is 0 Å². The Kier molecular flexibility index (Phi) is 2.52. The van der Waals surface area contributed by atoms with E-state index in [1.54, 1.807) is 0 Å². The summed E-state index contributed by atoms with van der Waals surface area (Å²) >= 11 is 0. The van der Waals surface area contributed by atoms with Gasteiger partial charge in [-0.25, -0.2) is 0 Å². The summed E-state index contributed by atoms with van der Waals surface area (Å²) in [5.41, 5.74) is -0.168. The second-order valence-electron chi connectivity index (χ2n) is 4.62. The van der Waals surface area contributed by atoms with Gasteiger partial charge < -0.3 is 9.64 Å². The first kappa shape index (κ1) is 9.97. The van der Waals surface area contributed by atoms with E-state index < -0.39 is 0 Å². The first-order valence-electron chi connectivity index (χ1n) is 5.58. The fourth-order valence-electron chi connectivity index (χ4n) is 2.37. The van der Waals surface area contributed by atoms with Gasteiger partial charge in [0.05, 0.1) is 18.6 Å². The van der Waals surface area contributed by atoms with Crippen molar-refractivity contribution in [1.82, 2.24) is 4.90 Å². The average Bonchev–Trinajstić information content (AvgIpc) is 2.50. The first-order chi connectivity index (χ1) is 6.69. The Bertz CT molecular complexity index is 230. The molecule has 3 nitrogen and oxygen atoms in total. The van der Waals surface area contributed by atoms with E-state index in [2.05, 4.69) is 13.8 Å². The Morgan fingerprint density at radius 3 is 2.64 bits per heavy atom. The standard InChI is InChI=1S/C11H19NO2/c1-3-11(7-14-8-11)10(13)12-6-4-5-9(12)2/h9H,3-8H2,1-2H3. The summed E-state index contributed by atoms with van der Waals surface area (Å²) in [6.07, 6.45) is 3.23. The molecule has 0 aromatic carbocycles. The van der Waals surface area contributed by atoms with Crippen LogP contribution in [0.3, 0.4) is 0 Å². The highest BCUT2D eigenvalue weighted by Crippen LogP contribution is 2.35. The van der Waals surface area contributed by atoms with Crippen LogP contribution in [-0.2, 0) is 9.53 Å². The van der Waals surface area contributed by atoms with Crippen molar-refractivity contribution < 1.29 is 9.53 Å². The lowest BCUT2D eigenvalue weighted by Crippen LogP contribution is -2.55. The molecule has 2 saturated heterocycles. The van der Waals surface area contributed by atoms with Crippen molar-refractivity contribution in [1.29, 1.82) is 0 Å². The van der Waals surface area contributed by atoms with Gasteiger partial charge in [0.2, 0.25) is 5.91 Å². The number of carbonyl (C=O) groups is 1. The SMILES string of the molecule is CCC1(C(=O)N2CCCC2C)COC1. The zero-order chi connectivity index (χ0) is 10.2. The van der Waals surface area contributed by atoms with E-state index in [0.29, 0.717) is 25.2 Å². The van der Waals surface area contributed by atoms with Gasteiger partial charge in [-0.3, -0.25) is 4.79 Å². The molecule has 0 bridgehead atoms. The van der Waals surface area contributed by atoms with E-state index in [0.717, 1.165) is 25.8 Å². The van der Waals surface area contributed by atoms with Crippen LogP contribution in [-0.4, -0.2) is 36.6 Å². The highest BCUT2D eigenvalue weighted by molar-refractivity contribution is 5.84. The van der Waals surface area contributed by atoms with Gasteiger partial charge in [0.15, 0.2) is 0 Å². The Labute approximate surface area is 85.4 Å². The maximum absolute atomic E-state index is 12.2. The largest absolute Gasteiger partial charge is 0.379 e. The van der Waals surface area contributed by atoms with Crippen LogP contribution in [0.4, 0.5) is 0 Å². The van der Waals surface area contributed by atoms with Crippen molar-refractivity contribution in [3.63, 3.8) is 0 Å². The molecule has 1 atom stereocenters. The highest BCUT2D eigenvalue weighted by atomic mass is 16.5. The molecule has 1 unspecified atom stereocenters. The Morgan fingerprint density at radius 2 is 2.29 bits per heavy atom. The van der Waals surface area contributed by atoms with E-state index in [1.807, 2.05) is 4.90 Å². The summed E-state index contributed by atoms with van der Waals surface area (Å²) in [7, 11) is 0. The number of rotatable bonds is 2. The number of ether oxygens (including phenoxy) is 1. The molecule has 2 heterocycles. The molecule has 0 aromatic rings. The van der Waals surface area contributed by atoms with Gasteiger partial charge in [-0.2, -0.15) is 0 Å². The molecule has 80 valence electrons. The van der Waals surface area contributed by atoms with E-state index in [1.165, 1.54) is 0 Å². The van der Waals surface area contributed by atoms with E-state index in [-0.39, 0.29) is 5.41 Å². The van der Waals surface area contributed by atoms with Crippen LogP contribution >= 0.6 is 0 Å². The van der Waals surface area contributed by atoms with E-state index in [9.17, 15) is 4.79 Å². The number of hydrogen-bond acceptors (Lipinski definition) is 2. The van der Waals surface area contributed by atoms with Gasteiger partial charge in [-0.15, -0.1) is 0 Å². The summed E-state index contributed by atoms with van der Waals surface area (Å²) in [4.78, 5) is 14.3. The molecule has 0 N–H and O–H groups in total. The van der Waals surface area contributed by atoms with Gasteiger partial charge >= 0.3 is 0 Å². The number of hydrogen-bond donors (Lipinski definition) is 0. The summed E-state index contributed by atoms with van der Waals surface area (Å²) < 4.78 is 5.20. The maximum Gasteiger partial charge on any atom is 0.233 e. The Morgan fingerprint density at radius 1 is 1.57 bits per heavy atom. The third kappa shape index (κ3) is 1.34. The number of nitrogens with zero attached hydrogens (tertiary/aromatic N) is 1. The quantitative estimate of drug-likeness (QED) is 0.670. The van der Waals surface area contributed by atoms with Crippen molar-refractivity contribution in [2.24, 2.45) is 5.41 Å².